The van der Waals surface area contributed by atoms with Crippen LogP contribution in [0.15, 0.2) is 36.4 Å². The fourth-order valence-corrected chi connectivity index (χ4v) is 3.54. The topological polar surface area (TPSA) is 0 Å². The molecule has 3 heteroatoms. The summed E-state index contributed by atoms with van der Waals surface area (Å²) in [6, 6.07) is 12.0. The van der Waals surface area contributed by atoms with Crippen molar-refractivity contribution in [3.05, 3.63) is 68.7 Å². The van der Waals surface area contributed by atoms with Crippen LogP contribution < -0.4 is 0 Å². The van der Waals surface area contributed by atoms with Crippen molar-refractivity contribution < 1.29 is 0 Å². The molecular weight excluding hydrogens is 299 g/mol. The average molecular weight is 312 g/mol. The van der Waals surface area contributed by atoms with E-state index in [0.717, 1.165) is 17.5 Å². The molecule has 0 saturated heterocycles. The Bertz CT molecular complexity index is 619. The molecule has 2 aromatic carbocycles. The van der Waals surface area contributed by atoms with Crippen LogP contribution in [0.4, 0.5) is 0 Å². The highest BCUT2D eigenvalue weighted by Crippen LogP contribution is 2.36. The predicted molar refractivity (Wildman–Crippen MR) is 82.6 cm³/mol. The Kier molecular flexibility index (Phi) is 3.75. The highest BCUT2D eigenvalue weighted by Gasteiger charge is 2.17. The molecule has 0 nitrogen and oxygen atoms in total. The zero-order valence-electron chi connectivity index (χ0n) is 10.3. The van der Waals surface area contributed by atoms with Crippen molar-refractivity contribution >= 4 is 34.8 Å². The van der Waals surface area contributed by atoms with Crippen molar-refractivity contribution in [1.82, 2.24) is 0 Å². The summed E-state index contributed by atoms with van der Waals surface area (Å²) in [5.41, 5.74) is 4.89. The zero-order valence-corrected chi connectivity index (χ0v) is 12.6. The lowest BCUT2D eigenvalue weighted by atomic mass is 10.00. The monoisotopic (exact) mass is 310 g/mol. The summed E-state index contributed by atoms with van der Waals surface area (Å²) in [6.45, 7) is 0. The Morgan fingerprint density at radius 1 is 0.895 bits per heavy atom. The van der Waals surface area contributed by atoms with Crippen molar-refractivity contribution in [3.63, 3.8) is 0 Å². The van der Waals surface area contributed by atoms with Gasteiger partial charge in [0.25, 0.3) is 0 Å². The molecule has 98 valence electrons. The van der Waals surface area contributed by atoms with Gasteiger partial charge in [0, 0.05) is 10.0 Å². The fourth-order valence-electron chi connectivity index (χ4n) is 2.64. The highest BCUT2D eigenvalue weighted by molar-refractivity contribution is 6.36. The first-order valence-electron chi connectivity index (χ1n) is 6.36. The van der Waals surface area contributed by atoms with Crippen LogP contribution in [-0.4, -0.2) is 0 Å². The third-order valence-electron chi connectivity index (χ3n) is 3.65. The summed E-state index contributed by atoms with van der Waals surface area (Å²) < 4.78 is 0. The Balaban J connectivity index is 1.97. The van der Waals surface area contributed by atoms with Gasteiger partial charge in [0.05, 0.1) is 5.38 Å². The third-order valence-corrected chi connectivity index (χ3v) is 4.70. The van der Waals surface area contributed by atoms with E-state index in [2.05, 4.69) is 18.2 Å². The number of rotatable bonds is 2. The first-order chi connectivity index (χ1) is 9.15. The largest absolute Gasteiger partial charge is 0.113 e. The number of benzene rings is 2. The fraction of sp³-hybridized carbons (Fsp3) is 0.250. The zero-order chi connectivity index (χ0) is 13.4. The molecule has 1 unspecified atom stereocenters. The first-order valence-corrected chi connectivity index (χ1v) is 7.55. The molecule has 0 heterocycles. The van der Waals surface area contributed by atoms with E-state index in [9.17, 15) is 0 Å². The van der Waals surface area contributed by atoms with Gasteiger partial charge in [0.15, 0.2) is 0 Å². The molecule has 0 amide bonds. The molecule has 1 aliphatic rings. The summed E-state index contributed by atoms with van der Waals surface area (Å²) >= 11 is 18.7. The number of aryl methyl sites for hydroxylation is 2. The smallest absolute Gasteiger partial charge is 0.0849 e. The molecule has 0 saturated carbocycles. The van der Waals surface area contributed by atoms with E-state index in [1.165, 1.54) is 24.0 Å². The number of hydrogen-bond acceptors (Lipinski definition) is 0. The summed E-state index contributed by atoms with van der Waals surface area (Å²) in [6.07, 6.45) is 3.58. The summed E-state index contributed by atoms with van der Waals surface area (Å²) in [5.74, 6) is 0. The lowest BCUT2D eigenvalue weighted by Gasteiger charge is -2.14. The van der Waals surface area contributed by atoms with E-state index in [4.69, 9.17) is 34.8 Å². The van der Waals surface area contributed by atoms with Crippen LogP contribution in [0.25, 0.3) is 0 Å². The molecule has 0 radical (unpaired) electrons. The SMILES string of the molecule is Clc1ccc(C(Cl)c2ccc3c(c2)CCC3)c(Cl)c1. The Labute approximate surface area is 128 Å². The van der Waals surface area contributed by atoms with Crippen LogP contribution in [0.2, 0.25) is 10.0 Å². The Hall–Kier alpha value is -0.690. The first kappa shape index (κ1) is 13.3. The molecule has 2 aromatic rings. The molecule has 0 aliphatic heterocycles. The second-order valence-corrected chi connectivity index (χ2v) is 6.19. The van der Waals surface area contributed by atoms with Crippen molar-refractivity contribution in [1.29, 1.82) is 0 Å². The van der Waals surface area contributed by atoms with Crippen molar-refractivity contribution in [2.24, 2.45) is 0 Å². The van der Waals surface area contributed by atoms with Gasteiger partial charge in [-0.05, 0) is 53.6 Å². The molecule has 0 fully saturated rings. The molecular formula is C16H13Cl3. The van der Waals surface area contributed by atoms with Gasteiger partial charge in [0.1, 0.15) is 0 Å². The van der Waals surface area contributed by atoms with Crippen LogP contribution >= 0.6 is 34.8 Å². The van der Waals surface area contributed by atoms with E-state index < -0.39 is 0 Å². The van der Waals surface area contributed by atoms with E-state index in [1.54, 1.807) is 6.07 Å². The predicted octanol–water partition coefficient (Wildman–Crippen LogP) is 5.81. The number of alkyl halides is 1. The van der Waals surface area contributed by atoms with Crippen molar-refractivity contribution in [2.75, 3.05) is 0 Å². The van der Waals surface area contributed by atoms with Gasteiger partial charge < -0.3 is 0 Å². The van der Waals surface area contributed by atoms with Crippen LogP contribution in [0.1, 0.15) is 34.1 Å². The van der Waals surface area contributed by atoms with Gasteiger partial charge in [0.2, 0.25) is 0 Å². The van der Waals surface area contributed by atoms with E-state index in [-0.39, 0.29) is 5.38 Å². The quantitative estimate of drug-likeness (QED) is 0.614. The van der Waals surface area contributed by atoms with Gasteiger partial charge in [-0.1, -0.05) is 47.5 Å². The summed E-state index contributed by atoms with van der Waals surface area (Å²) in [4.78, 5) is 0. The Morgan fingerprint density at radius 3 is 2.47 bits per heavy atom. The van der Waals surface area contributed by atoms with E-state index in [1.807, 2.05) is 12.1 Å². The Morgan fingerprint density at radius 2 is 1.68 bits per heavy atom. The van der Waals surface area contributed by atoms with Gasteiger partial charge in [-0.2, -0.15) is 0 Å². The van der Waals surface area contributed by atoms with Gasteiger partial charge in [-0.15, -0.1) is 11.6 Å². The minimum absolute atomic E-state index is 0.226. The minimum atomic E-state index is -0.226. The average Bonchev–Trinajstić information content (AvgIpc) is 2.85. The maximum absolute atomic E-state index is 6.56. The maximum atomic E-state index is 6.56. The molecule has 0 spiro atoms. The van der Waals surface area contributed by atoms with Crippen molar-refractivity contribution in [2.45, 2.75) is 24.6 Å². The van der Waals surface area contributed by atoms with E-state index in [0.29, 0.717) is 10.0 Å². The standard InChI is InChI=1S/C16H13Cl3/c17-13-6-7-14(15(18)9-13)16(19)12-5-4-10-2-1-3-11(10)8-12/h4-9,16H,1-3H2. The highest BCUT2D eigenvalue weighted by atomic mass is 35.5. The van der Waals surface area contributed by atoms with Crippen molar-refractivity contribution in [3.8, 4) is 0 Å². The lowest BCUT2D eigenvalue weighted by molar-refractivity contribution is 0.911. The third kappa shape index (κ3) is 2.63. The molecule has 0 aromatic heterocycles. The lowest BCUT2D eigenvalue weighted by Crippen LogP contribution is -1.96. The molecule has 1 aliphatic carbocycles. The summed E-state index contributed by atoms with van der Waals surface area (Å²) in [7, 11) is 0. The second-order valence-electron chi connectivity index (χ2n) is 4.91. The minimum Gasteiger partial charge on any atom is -0.113 e. The van der Waals surface area contributed by atoms with Gasteiger partial charge in [-0.3, -0.25) is 0 Å². The van der Waals surface area contributed by atoms with Gasteiger partial charge >= 0.3 is 0 Å². The number of fused-ring (bicyclic) bond motifs is 1. The molecule has 0 N–H and O–H groups in total. The normalized spacial score (nSPS) is 15.3. The van der Waals surface area contributed by atoms with Crippen LogP contribution in [0.5, 0.6) is 0 Å². The number of hydrogen-bond donors (Lipinski definition) is 0. The van der Waals surface area contributed by atoms with Crippen LogP contribution in [0, 0.1) is 0 Å². The molecule has 3 rings (SSSR count). The number of halogens is 3. The molecule has 19 heavy (non-hydrogen) atoms. The van der Waals surface area contributed by atoms with Crippen LogP contribution in [-0.2, 0) is 12.8 Å². The summed E-state index contributed by atoms with van der Waals surface area (Å²) in [5, 5.41) is 1.02. The second kappa shape index (κ2) is 5.36. The molecule has 1 atom stereocenters. The van der Waals surface area contributed by atoms with E-state index >= 15 is 0 Å². The van der Waals surface area contributed by atoms with Gasteiger partial charge in [-0.25, -0.2) is 0 Å². The maximum Gasteiger partial charge on any atom is 0.0849 e. The molecule has 0 bridgehead atoms. The van der Waals surface area contributed by atoms with Crippen LogP contribution in [0.3, 0.4) is 0 Å².